The van der Waals surface area contributed by atoms with Crippen LogP contribution in [0.2, 0.25) is 5.02 Å². The number of amides is 1. The van der Waals surface area contributed by atoms with Gasteiger partial charge in [0.2, 0.25) is 0 Å². The molecule has 0 unspecified atom stereocenters. The molecule has 7 nitrogen and oxygen atoms in total. The molecule has 4 rings (SSSR count). The van der Waals surface area contributed by atoms with Crippen LogP contribution < -0.4 is 14.8 Å². The van der Waals surface area contributed by atoms with Crippen LogP contribution >= 0.6 is 11.6 Å². The zero-order chi connectivity index (χ0) is 22.9. The zero-order valence-electron chi connectivity index (χ0n) is 17.0. The van der Waals surface area contributed by atoms with Crippen LogP contribution in [0.1, 0.15) is 49.8 Å². The molecule has 2 heterocycles. The third-order valence-corrected chi connectivity index (χ3v) is 5.96. The Labute approximate surface area is 187 Å². The number of fused-ring (bicyclic) bond motifs is 1. The number of rotatable bonds is 5. The van der Waals surface area contributed by atoms with Crippen molar-refractivity contribution in [1.82, 2.24) is 15.1 Å². The number of hydrogen-bond acceptors (Lipinski definition) is 5. The molecule has 0 bridgehead atoms. The van der Waals surface area contributed by atoms with Crippen LogP contribution in [0, 0.1) is 0 Å². The molecule has 1 aromatic carbocycles. The third kappa shape index (κ3) is 5.47. The maximum absolute atomic E-state index is 12.7. The van der Waals surface area contributed by atoms with Crippen LogP contribution in [-0.2, 0) is 4.79 Å². The Morgan fingerprint density at radius 3 is 2.78 bits per heavy atom. The number of carbonyl (C=O) groups is 1. The first kappa shape index (κ1) is 22.7. The number of aliphatic hydroxyl groups excluding tert-OH is 1. The molecule has 2 N–H and O–H groups in total. The lowest BCUT2D eigenvalue weighted by atomic mass is 9.91. The standard InChI is InChI=1S/C21H23ClF3N3O4/c22-12-1-6-18-16(7-12)17(29)8-19(32-18)20(30)27-13-2-4-14(5-3-13)28-10-15(9-26-28)31-11-21(23,24)25/h1,6-7,9-10,13-14,17,19,29H,2-5,8,11H2,(H,27,30)/t13?,14?,17-,19-/m1/s1. The van der Waals surface area contributed by atoms with E-state index in [1.807, 2.05) is 0 Å². The van der Waals surface area contributed by atoms with Gasteiger partial charge in [0.05, 0.1) is 24.5 Å². The van der Waals surface area contributed by atoms with Crippen molar-refractivity contribution in [3.63, 3.8) is 0 Å². The molecule has 2 aromatic rings. The van der Waals surface area contributed by atoms with Gasteiger partial charge in [0.1, 0.15) is 5.75 Å². The van der Waals surface area contributed by atoms with Crippen molar-refractivity contribution in [1.29, 1.82) is 0 Å². The van der Waals surface area contributed by atoms with Crippen molar-refractivity contribution in [3.8, 4) is 11.5 Å². The highest BCUT2D eigenvalue weighted by molar-refractivity contribution is 6.30. The van der Waals surface area contributed by atoms with Crippen LogP contribution in [0.25, 0.3) is 0 Å². The summed E-state index contributed by atoms with van der Waals surface area (Å²) < 4.78 is 48.9. The molecular formula is C21H23ClF3N3O4. The molecule has 0 spiro atoms. The van der Waals surface area contributed by atoms with Gasteiger partial charge in [-0.2, -0.15) is 18.3 Å². The van der Waals surface area contributed by atoms with Crippen LogP contribution in [0.15, 0.2) is 30.6 Å². The summed E-state index contributed by atoms with van der Waals surface area (Å²) in [6, 6.07) is 4.89. The van der Waals surface area contributed by atoms with Gasteiger partial charge in [-0.05, 0) is 43.9 Å². The number of hydrogen-bond donors (Lipinski definition) is 2. The molecule has 0 saturated heterocycles. The molecule has 1 fully saturated rings. The van der Waals surface area contributed by atoms with E-state index in [-0.39, 0.29) is 30.2 Å². The number of halogens is 4. The molecule has 0 radical (unpaired) electrons. The van der Waals surface area contributed by atoms with Gasteiger partial charge in [-0.1, -0.05) is 11.6 Å². The number of aromatic nitrogens is 2. The maximum Gasteiger partial charge on any atom is 0.422 e. The number of nitrogens with one attached hydrogen (secondary N) is 1. The smallest absolute Gasteiger partial charge is 0.422 e. The molecule has 11 heteroatoms. The second kappa shape index (κ2) is 9.19. The number of alkyl halides is 3. The van der Waals surface area contributed by atoms with E-state index in [9.17, 15) is 23.1 Å². The molecule has 2 aliphatic rings. The Morgan fingerprint density at radius 2 is 2.06 bits per heavy atom. The molecule has 1 aromatic heterocycles. The summed E-state index contributed by atoms with van der Waals surface area (Å²) in [7, 11) is 0. The van der Waals surface area contributed by atoms with E-state index < -0.39 is 25.0 Å². The van der Waals surface area contributed by atoms with E-state index in [4.69, 9.17) is 21.1 Å². The van der Waals surface area contributed by atoms with Gasteiger partial charge in [-0.3, -0.25) is 9.48 Å². The van der Waals surface area contributed by atoms with Crippen molar-refractivity contribution >= 4 is 17.5 Å². The van der Waals surface area contributed by atoms with Crippen LogP contribution in [-0.4, -0.2) is 45.7 Å². The Bertz CT molecular complexity index is 960. The fourth-order valence-electron chi connectivity index (χ4n) is 4.12. The van der Waals surface area contributed by atoms with E-state index in [0.717, 1.165) is 0 Å². The monoisotopic (exact) mass is 473 g/mol. The van der Waals surface area contributed by atoms with Gasteiger partial charge in [0, 0.05) is 23.0 Å². The molecule has 2 atom stereocenters. The summed E-state index contributed by atoms with van der Waals surface area (Å²) in [6.45, 7) is -1.35. The van der Waals surface area contributed by atoms with E-state index in [2.05, 4.69) is 10.4 Å². The number of carbonyl (C=O) groups excluding carboxylic acids is 1. The highest BCUT2D eigenvalue weighted by Gasteiger charge is 2.34. The number of nitrogens with zero attached hydrogens (tertiary/aromatic N) is 2. The number of benzene rings is 1. The Morgan fingerprint density at radius 1 is 1.31 bits per heavy atom. The first-order chi connectivity index (χ1) is 15.2. The Balaban J connectivity index is 1.27. The molecular weight excluding hydrogens is 451 g/mol. The van der Waals surface area contributed by atoms with Crippen molar-refractivity contribution < 1.29 is 32.5 Å². The number of ether oxygens (including phenoxy) is 2. The predicted octanol–water partition coefficient (Wildman–Crippen LogP) is 3.96. The van der Waals surface area contributed by atoms with Crippen molar-refractivity contribution in [2.45, 2.75) is 62.6 Å². The average Bonchev–Trinajstić information content (AvgIpc) is 3.22. The highest BCUT2D eigenvalue weighted by atomic mass is 35.5. The van der Waals surface area contributed by atoms with E-state index in [1.54, 1.807) is 22.9 Å². The van der Waals surface area contributed by atoms with E-state index in [1.165, 1.54) is 12.4 Å². The lowest BCUT2D eigenvalue weighted by Gasteiger charge is -2.32. The molecule has 174 valence electrons. The minimum Gasteiger partial charge on any atom is -0.481 e. The fraction of sp³-hybridized carbons (Fsp3) is 0.524. The predicted molar refractivity (Wildman–Crippen MR) is 109 cm³/mol. The second-order valence-electron chi connectivity index (χ2n) is 8.11. The molecule has 1 saturated carbocycles. The van der Waals surface area contributed by atoms with Gasteiger partial charge in [-0.25, -0.2) is 0 Å². The molecule has 1 amide bonds. The minimum atomic E-state index is -4.40. The lowest BCUT2D eigenvalue weighted by molar-refractivity contribution is -0.153. The van der Waals surface area contributed by atoms with Crippen molar-refractivity contribution in [3.05, 3.63) is 41.2 Å². The van der Waals surface area contributed by atoms with Crippen LogP contribution in [0.3, 0.4) is 0 Å². The largest absolute Gasteiger partial charge is 0.481 e. The van der Waals surface area contributed by atoms with Gasteiger partial charge in [0.25, 0.3) is 5.91 Å². The average molecular weight is 474 g/mol. The fourth-order valence-corrected chi connectivity index (χ4v) is 4.30. The first-order valence-electron chi connectivity index (χ1n) is 10.4. The third-order valence-electron chi connectivity index (χ3n) is 5.73. The lowest BCUT2D eigenvalue weighted by Crippen LogP contribution is -2.46. The van der Waals surface area contributed by atoms with E-state index >= 15 is 0 Å². The van der Waals surface area contributed by atoms with Gasteiger partial charge < -0.3 is 19.9 Å². The SMILES string of the molecule is O=C(NC1CCC(n2cc(OCC(F)(F)F)cn2)CC1)[C@H]1C[C@@H](O)c2cc(Cl)ccc2O1. The quantitative estimate of drug-likeness (QED) is 0.686. The first-order valence-corrected chi connectivity index (χ1v) is 10.7. The van der Waals surface area contributed by atoms with E-state index in [0.29, 0.717) is 42.0 Å². The summed E-state index contributed by atoms with van der Waals surface area (Å²) in [5.74, 6) is 0.238. The summed E-state index contributed by atoms with van der Waals surface area (Å²) in [5, 5.41) is 17.9. The highest BCUT2D eigenvalue weighted by Crippen LogP contribution is 2.37. The summed E-state index contributed by atoms with van der Waals surface area (Å²) in [6.07, 6.45) is -0.344. The molecule has 32 heavy (non-hydrogen) atoms. The van der Waals surface area contributed by atoms with Gasteiger partial charge in [-0.15, -0.1) is 0 Å². The normalized spacial score (nSPS) is 25.5. The van der Waals surface area contributed by atoms with Gasteiger partial charge >= 0.3 is 6.18 Å². The summed E-state index contributed by atoms with van der Waals surface area (Å²) >= 11 is 5.96. The van der Waals surface area contributed by atoms with Crippen molar-refractivity contribution in [2.75, 3.05) is 6.61 Å². The van der Waals surface area contributed by atoms with Crippen molar-refractivity contribution in [2.24, 2.45) is 0 Å². The zero-order valence-corrected chi connectivity index (χ0v) is 17.8. The summed E-state index contributed by atoms with van der Waals surface area (Å²) in [4.78, 5) is 12.7. The molecule has 1 aliphatic heterocycles. The Hall–Kier alpha value is -2.46. The summed E-state index contributed by atoms with van der Waals surface area (Å²) in [5.41, 5.74) is 0.569. The maximum atomic E-state index is 12.7. The minimum absolute atomic E-state index is 0.0239. The van der Waals surface area contributed by atoms with Crippen LogP contribution in [0.4, 0.5) is 13.2 Å². The topological polar surface area (TPSA) is 85.6 Å². The molecule has 1 aliphatic carbocycles. The second-order valence-corrected chi connectivity index (χ2v) is 8.55. The van der Waals surface area contributed by atoms with Crippen LogP contribution in [0.5, 0.6) is 11.5 Å². The van der Waals surface area contributed by atoms with Gasteiger partial charge in [0.15, 0.2) is 18.5 Å². The Kier molecular flexibility index (Phi) is 6.52. The number of aliphatic hydroxyl groups is 1.